The molecule has 5 rings (SSSR count). The third kappa shape index (κ3) is 3.88. The van der Waals surface area contributed by atoms with E-state index in [9.17, 15) is 5.11 Å². The van der Waals surface area contributed by atoms with Crippen molar-refractivity contribution in [3.8, 4) is 5.88 Å². The Labute approximate surface area is 231 Å². The van der Waals surface area contributed by atoms with Crippen molar-refractivity contribution in [1.82, 2.24) is 19.5 Å². The van der Waals surface area contributed by atoms with Gasteiger partial charge in [-0.1, -0.05) is 81.4 Å². The molecule has 39 heavy (non-hydrogen) atoms. The summed E-state index contributed by atoms with van der Waals surface area (Å²) in [5.41, 5.74) is 5.62. The van der Waals surface area contributed by atoms with E-state index in [-0.39, 0.29) is 23.9 Å². The van der Waals surface area contributed by atoms with Crippen LogP contribution in [0.3, 0.4) is 0 Å². The van der Waals surface area contributed by atoms with Crippen LogP contribution < -0.4 is 10.5 Å². The van der Waals surface area contributed by atoms with Gasteiger partial charge in [0.05, 0.1) is 19.5 Å². The summed E-state index contributed by atoms with van der Waals surface area (Å²) in [7, 11) is 2.10. The molecule has 3 N–H and O–H groups in total. The van der Waals surface area contributed by atoms with Gasteiger partial charge in [-0.3, -0.25) is 0 Å². The van der Waals surface area contributed by atoms with Crippen molar-refractivity contribution in [2.24, 2.45) is 5.41 Å². The second-order valence-electron chi connectivity index (χ2n) is 11.3. The van der Waals surface area contributed by atoms with Crippen molar-refractivity contribution in [2.75, 3.05) is 32.7 Å². The van der Waals surface area contributed by atoms with Crippen LogP contribution in [0.2, 0.25) is 0 Å². The van der Waals surface area contributed by atoms with Gasteiger partial charge < -0.3 is 29.3 Å². The smallest absolute Gasteiger partial charge is 0.247 e. The van der Waals surface area contributed by atoms with Crippen LogP contribution in [0.15, 0.2) is 67.0 Å². The molecule has 0 aliphatic heterocycles. The maximum absolute atomic E-state index is 13.4. The highest BCUT2D eigenvalue weighted by Gasteiger charge is 2.78. The first-order valence-corrected chi connectivity index (χ1v) is 13.9. The predicted octanol–water partition coefficient (Wildman–Crippen LogP) is 2.70. The molecule has 10 heteroatoms. The van der Waals surface area contributed by atoms with Crippen LogP contribution in [0.4, 0.5) is 5.95 Å². The van der Waals surface area contributed by atoms with E-state index >= 15 is 0 Å². The highest BCUT2D eigenvalue weighted by Crippen LogP contribution is 2.72. The van der Waals surface area contributed by atoms with Crippen molar-refractivity contribution >= 4 is 27.6 Å². The second-order valence-corrected chi connectivity index (χ2v) is 11.8. The van der Waals surface area contributed by atoms with Crippen molar-refractivity contribution in [2.45, 2.75) is 43.7 Å². The predicted molar refractivity (Wildman–Crippen MR) is 154 cm³/mol. The van der Waals surface area contributed by atoms with E-state index in [1.807, 2.05) is 53.1 Å². The zero-order valence-corrected chi connectivity index (χ0v) is 25.2. The maximum atomic E-state index is 13.4. The minimum Gasteiger partial charge on any atom is -0.474 e. The van der Waals surface area contributed by atoms with Gasteiger partial charge in [0.15, 0.2) is 11.2 Å². The quantitative estimate of drug-likeness (QED) is 0.243. The number of nitrogens with two attached hydrogens (primary N) is 1. The average Bonchev–Trinajstić information content (AvgIpc) is 3.34. The number of nitrogen functional groups attached to an aromatic ring is 1. The van der Waals surface area contributed by atoms with Crippen LogP contribution in [-0.4, -0.2) is 62.0 Å². The van der Waals surface area contributed by atoms with Crippen molar-refractivity contribution < 1.29 is 19.0 Å². The van der Waals surface area contributed by atoms with E-state index in [2.05, 4.69) is 47.9 Å². The summed E-state index contributed by atoms with van der Waals surface area (Å²) < 4.78 is 18.9. The standard InChI is InChI=1S/C29H37N5O4Si/c1-26(2,3)28(20-11-7-5-8-12-20)17-27(18-38-39,29(28,35)21-13-9-6-10-14-21)34-19-31-22-23(34)32-25(30)33-24(22)37-16-15-36-4/h5-14,19,35H,15-18H2,1-4,39H3,(H2,30,32,33)/t27-,28-,29-/m0/s1. The SMILES string of the molecule is COCCOc1nc(N)nc2c1ncn2[C@]1(CO[SiH3])C[C@](c2ccccc2)(C(C)(C)C)[C@]1(O)c1ccccc1. The summed E-state index contributed by atoms with van der Waals surface area (Å²) in [5, 5.41) is 13.4. The number of aliphatic hydroxyl groups is 1. The molecule has 1 aliphatic carbocycles. The van der Waals surface area contributed by atoms with Crippen LogP contribution in [0.25, 0.3) is 11.2 Å². The zero-order valence-electron chi connectivity index (χ0n) is 23.2. The summed E-state index contributed by atoms with van der Waals surface area (Å²) >= 11 is 0. The van der Waals surface area contributed by atoms with Gasteiger partial charge in [0.2, 0.25) is 11.8 Å². The topological polar surface area (TPSA) is 118 Å². The number of ether oxygens (including phenoxy) is 2. The zero-order chi connectivity index (χ0) is 27.9. The van der Waals surface area contributed by atoms with Crippen LogP contribution in [-0.2, 0) is 25.7 Å². The Hall–Kier alpha value is -3.31. The number of hydrogen-bond acceptors (Lipinski definition) is 8. The molecular formula is C29H37N5O4Si. The average molecular weight is 548 g/mol. The summed E-state index contributed by atoms with van der Waals surface area (Å²) in [5.74, 6) is 0.342. The largest absolute Gasteiger partial charge is 0.474 e. The number of benzene rings is 2. The summed E-state index contributed by atoms with van der Waals surface area (Å²) in [6, 6.07) is 20.2. The number of aromatic nitrogens is 4. The Kier molecular flexibility index (Phi) is 7.00. The van der Waals surface area contributed by atoms with Gasteiger partial charge >= 0.3 is 0 Å². The number of rotatable bonds is 9. The van der Waals surface area contributed by atoms with E-state index in [1.54, 1.807) is 13.4 Å². The van der Waals surface area contributed by atoms with E-state index in [0.717, 1.165) is 11.1 Å². The first-order valence-electron chi connectivity index (χ1n) is 13.1. The van der Waals surface area contributed by atoms with E-state index in [0.29, 0.717) is 41.3 Å². The van der Waals surface area contributed by atoms with Crippen molar-refractivity contribution in [1.29, 1.82) is 0 Å². The maximum Gasteiger partial charge on any atom is 0.247 e. The molecule has 0 radical (unpaired) electrons. The van der Waals surface area contributed by atoms with Crippen LogP contribution >= 0.6 is 0 Å². The molecule has 1 aliphatic rings. The Morgan fingerprint density at radius 1 is 1.00 bits per heavy atom. The van der Waals surface area contributed by atoms with Crippen LogP contribution in [0, 0.1) is 5.41 Å². The lowest BCUT2D eigenvalue weighted by molar-refractivity contribution is -0.274. The normalized spacial score (nSPS) is 25.1. The summed E-state index contributed by atoms with van der Waals surface area (Å²) in [4.78, 5) is 13.6. The molecule has 9 nitrogen and oxygen atoms in total. The van der Waals surface area contributed by atoms with Gasteiger partial charge in [0, 0.05) is 12.5 Å². The lowest BCUT2D eigenvalue weighted by atomic mass is 9.35. The van der Waals surface area contributed by atoms with Gasteiger partial charge in [0.1, 0.15) is 28.2 Å². The number of nitrogens with zero attached hydrogens (tertiary/aromatic N) is 4. The molecule has 2 aromatic heterocycles. The fourth-order valence-corrected chi connectivity index (χ4v) is 7.18. The molecular weight excluding hydrogens is 510 g/mol. The molecule has 3 atom stereocenters. The third-order valence-corrected chi connectivity index (χ3v) is 8.63. The highest BCUT2D eigenvalue weighted by atomic mass is 28.2. The molecule has 2 aromatic carbocycles. The minimum absolute atomic E-state index is 0.0614. The van der Waals surface area contributed by atoms with Gasteiger partial charge in [-0.25, -0.2) is 4.98 Å². The minimum atomic E-state index is -1.41. The fourth-order valence-electron chi connectivity index (χ4n) is 6.70. The Morgan fingerprint density at radius 2 is 1.64 bits per heavy atom. The molecule has 0 amide bonds. The number of hydrogen-bond donors (Lipinski definition) is 2. The molecule has 206 valence electrons. The third-order valence-electron chi connectivity index (χ3n) is 8.34. The summed E-state index contributed by atoms with van der Waals surface area (Å²) in [6.45, 7) is 7.51. The molecule has 2 heterocycles. The molecule has 0 unspecified atom stereocenters. The highest BCUT2D eigenvalue weighted by molar-refractivity contribution is 5.98. The van der Waals surface area contributed by atoms with E-state index < -0.39 is 16.6 Å². The molecule has 1 saturated carbocycles. The van der Waals surface area contributed by atoms with Crippen molar-refractivity contribution in [3.63, 3.8) is 0 Å². The first kappa shape index (κ1) is 27.3. The fraction of sp³-hybridized carbons (Fsp3) is 0.414. The monoisotopic (exact) mass is 547 g/mol. The second kappa shape index (κ2) is 10.0. The Bertz CT molecular complexity index is 1440. The number of imidazole rings is 1. The van der Waals surface area contributed by atoms with Crippen LogP contribution in [0.1, 0.15) is 38.3 Å². The molecule has 0 saturated heterocycles. The molecule has 4 aromatic rings. The lowest BCUT2D eigenvalue weighted by Gasteiger charge is -2.73. The Balaban J connectivity index is 1.80. The van der Waals surface area contributed by atoms with Crippen molar-refractivity contribution in [3.05, 3.63) is 78.1 Å². The van der Waals surface area contributed by atoms with Gasteiger partial charge in [-0.05, 0) is 23.0 Å². The van der Waals surface area contributed by atoms with Gasteiger partial charge in [0.25, 0.3) is 0 Å². The van der Waals surface area contributed by atoms with E-state index in [4.69, 9.17) is 19.6 Å². The summed E-state index contributed by atoms with van der Waals surface area (Å²) in [6.07, 6.45) is 2.28. The molecule has 0 bridgehead atoms. The van der Waals surface area contributed by atoms with E-state index in [1.165, 1.54) is 0 Å². The molecule has 1 fully saturated rings. The lowest BCUT2D eigenvalue weighted by Crippen LogP contribution is -2.80. The van der Waals surface area contributed by atoms with Crippen LogP contribution in [0.5, 0.6) is 5.88 Å². The van der Waals surface area contributed by atoms with Gasteiger partial charge in [-0.15, -0.1) is 0 Å². The van der Waals surface area contributed by atoms with Gasteiger partial charge in [-0.2, -0.15) is 9.97 Å². The number of fused-ring (bicyclic) bond motifs is 1. The Morgan fingerprint density at radius 3 is 2.23 bits per heavy atom. The first-order chi connectivity index (χ1) is 18.7. The molecule has 0 spiro atoms. The number of methoxy groups -OCH3 is 1. The number of anilines is 1.